The number of nitrogens with zero attached hydrogens (tertiary/aromatic N) is 4. The van der Waals surface area contributed by atoms with Gasteiger partial charge >= 0.3 is 0 Å². The van der Waals surface area contributed by atoms with Gasteiger partial charge in [0.25, 0.3) is 0 Å². The lowest BCUT2D eigenvalue weighted by atomic mass is 10.0. The Bertz CT molecular complexity index is 528. The molecule has 3 rings (SSSR count). The molecule has 21 heavy (non-hydrogen) atoms. The molecule has 3 heterocycles. The highest BCUT2D eigenvalue weighted by atomic mass is 16.3. The van der Waals surface area contributed by atoms with Crippen molar-refractivity contribution in [3.8, 4) is 0 Å². The number of nitrogens with one attached hydrogen (secondary N) is 1. The zero-order valence-electron chi connectivity index (χ0n) is 12.5. The largest absolute Gasteiger partial charge is 0.468 e. The number of aryl methyl sites for hydroxylation is 1. The standard InChI is InChI=1S/C15H23N5O/c1-19-15(17-12-18-19)4-7-16-13-5-8-20(9-6-13)11-14-3-2-10-21-14/h2-3,10,12-13,16H,4-9,11H2,1H3. The molecule has 6 heteroatoms. The molecule has 1 saturated heterocycles. The monoisotopic (exact) mass is 289 g/mol. The number of aromatic nitrogens is 3. The first-order valence-electron chi connectivity index (χ1n) is 7.62. The number of rotatable bonds is 6. The molecule has 1 aliphatic rings. The van der Waals surface area contributed by atoms with Crippen LogP contribution in [0.5, 0.6) is 0 Å². The van der Waals surface area contributed by atoms with E-state index in [0.29, 0.717) is 6.04 Å². The quantitative estimate of drug-likeness (QED) is 0.866. The van der Waals surface area contributed by atoms with E-state index in [9.17, 15) is 0 Å². The first-order chi connectivity index (χ1) is 10.3. The molecule has 0 bridgehead atoms. The Morgan fingerprint density at radius 2 is 2.24 bits per heavy atom. The summed E-state index contributed by atoms with van der Waals surface area (Å²) in [6.07, 6.45) is 6.68. The van der Waals surface area contributed by atoms with Crippen molar-refractivity contribution in [1.82, 2.24) is 25.0 Å². The van der Waals surface area contributed by atoms with Gasteiger partial charge in [0.15, 0.2) is 0 Å². The smallest absolute Gasteiger partial charge is 0.138 e. The minimum absolute atomic E-state index is 0.617. The van der Waals surface area contributed by atoms with Gasteiger partial charge in [0.1, 0.15) is 17.9 Å². The van der Waals surface area contributed by atoms with Crippen molar-refractivity contribution in [2.24, 2.45) is 7.05 Å². The molecule has 1 N–H and O–H groups in total. The number of hydrogen-bond donors (Lipinski definition) is 1. The van der Waals surface area contributed by atoms with Crippen LogP contribution in [-0.2, 0) is 20.0 Å². The molecule has 114 valence electrons. The van der Waals surface area contributed by atoms with Crippen LogP contribution in [0.4, 0.5) is 0 Å². The molecule has 2 aromatic rings. The van der Waals surface area contributed by atoms with Crippen LogP contribution in [0.1, 0.15) is 24.4 Å². The number of hydrogen-bond acceptors (Lipinski definition) is 5. The van der Waals surface area contributed by atoms with Gasteiger partial charge in [-0.15, -0.1) is 0 Å². The molecular formula is C15H23N5O. The van der Waals surface area contributed by atoms with E-state index >= 15 is 0 Å². The van der Waals surface area contributed by atoms with Crippen LogP contribution in [0.15, 0.2) is 29.1 Å². The highest BCUT2D eigenvalue weighted by Gasteiger charge is 2.19. The molecule has 1 aliphatic heterocycles. The molecule has 0 aliphatic carbocycles. The average molecular weight is 289 g/mol. The van der Waals surface area contributed by atoms with Crippen molar-refractivity contribution in [3.63, 3.8) is 0 Å². The Morgan fingerprint density at radius 3 is 2.90 bits per heavy atom. The summed E-state index contributed by atoms with van der Waals surface area (Å²) in [5.41, 5.74) is 0. The van der Waals surface area contributed by atoms with Crippen LogP contribution in [-0.4, -0.2) is 45.3 Å². The van der Waals surface area contributed by atoms with Crippen molar-refractivity contribution in [3.05, 3.63) is 36.3 Å². The van der Waals surface area contributed by atoms with E-state index < -0.39 is 0 Å². The van der Waals surface area contributed by atoms with Crippen molar-refractivity contribution < 1.29 is 4.42 Å². The third-order valence-corrected chi connectivity index (χ3v) is 4.13. The summed E-state index contributed by atoms with van der Waals surface area (Å²) in [4.78, 5) is 6.70. The molecule has 0 spiro atoms. The van der Waals surface area contributed by atoms with Crippen LogP contribution in [0.3, 0.4) is 0 Å². The van der Waals surface area contributed by atoms with Crippen LogP contribution in [0, 0.1) is 0 Å². The SMILES string of the molecule is Cn1ncnc1CCNC1CCN(Cc2ccco2)CC1. The first-order valence-corrected chi connectivity index (χ1v) is 7.62. The van der Waals surface area contributed by atoms with Gasteiger partial charge in [-0.05, 0) is 25.0 Å². The molecule has 0 atom stereocenters. The molecule has 0 aromatic carbocycles. The summed E-state index contributed by atoms with van der Waals surface area (Å²) >= 11 is 0. The number of likely N-dealkylation sites (tertiary alicyclic amines) is 1. The normalized spacial score (nSPS) is 17.4. The van der Waals surface area contributed by atoms with E-state index in [4.69, 9.17) is 4.42 Å². The van der Waals surface area contributed by atoms with Crippen LogP contribution in [0.2, 0.25) is 0 Å². The average Bonchev–Trinajstić information content (AvgIpc) is 3.13. The molecule has 0 amide bonds. The van der Waals surface area contributed by atoms with Gasteiger partial charge in [-0.1, -0.05) is 0 Å². The minimum Gasteiger partial charge on any atom is -0.468 e. The molecule has 1 fully saturated rings. The fraction of sp³-hybridized carbons (Fsp3) is 0.600. The summed E-state index contributed by atoms with van der Waals surface area (Å²) in [5.74, 6) is 2.10. The zero-order chi connectivity index (χ0) is 14.5. The predicted molar refractivity (Wildman–Crippen MR) is 79.7 cm³/mol. The highest BCUT2D eigenvalue weighted by Crippen LogP contribution is 2.14. The Balaban J connectivity index is 1.35. The van der Waals surface area contributed by atoms with Crippen molar-refractivity contribution in [2.75, 3.05) is 19.6 Å². The Kier molecular flexibility index (Phi) is 4.67. The molecule has 0 saturated carbocycles. The fourth-order valence-corrected chi connectivity index (χ4v) is 2.85. The van der Waals surface area contributed by atoms with E-state index in [0.717, 1.165) is 44.2 Å². The van der Waals surface area contributed by atoms with Gasteiger partial charge in [-0.2, -0.15) is 5.10 Å². The second-order valence-electron chi connectivity index (χ2n) is 5.63. The Labute approximate surface area is 125 Å². The number of piperidine rings is 1. The third-order valence-electron chi connectivity index (χ3n) is 4.13. The maximum atomic E-state index is 5.41. The van der Waals surface area contributed by atoms with Crippen LogP contribution >= 0.6 is 0 Å². The Hall–Kier alpha value is -1.66. The fourth-order valence-electron chi connectivity index (χ4n) is 2.85. The van der Waals surface area contributed by atoms with Crippen molar-refractivity contribution >= 4 is 0 Å². The summed E-state index contributed by atoms with van der Waals surface area (Å²) in [6, 6.07) is 4.62. The lowest BCUT2D eigenvalue weighted by Crippen LogP contribution is -2.42. The second-order valence-corrected chi connectivity index (χ2v) is 5.63. The highest BCUT2D eigenvalue weighted by molar-refractivity contribution is 4.98. The van der Waals surface area contributed by atoms with Gasteiger partial charge in [0, 0.05) is 39.1 Å². The third kappa shape index (κ3) is 3.92. The van der Waals surface area contributed by atoms with E-state index in [1.807, 2.05) is 23.9 Å². The van der Waals surface area contributed by atoms with Crippen molar-refractivity contribution in [2.45, 2.75) is 31.8 Å². The van der Waals surface area contributed by atoms with Gasteiger partial charge in [0.2, 0.25) is 0 Å². The lowest BCUT2D eigenvalue weighted by Gasteiger charge is -2.31. The van der Waals surface area contributed by atoms with E-state index in [1.54, 1.807) is 12.6 Å². The van der Waals surface area contributed by atoms with Gasteiger partial charge in [-0.3, -0.25) is 9.58 Å². The van der Waals surface area contributed by atoms with Crippen molar-refractivity contribution in [1.29, 1.82) is 0 Å². The molecular weight excluding hydrogens is 266 g/mol. The maximum Gasteiger partial charge on any atom is 0.138 e. The summed E-state index contributed by atoms with van der Waals surface area (Å²) in [5, 5.41) is 7.72. The maximum absolute atomic E-state index is 5.41. The molecule has 0 radical (unpaired) electrons. The van der Waals surface area contributed by atoms with E-state index in [1.165, 1.54) is 12.8 Å². The number of furan rings is 1. The van der Waals surface area contributed by atoms with E-state index in [-0.39, 0.29) is 0 Å². The topological polar surface area (TPSA) is 59.1 Å². The minimum atomic E-state index is 0.617. The second kappa shape index (κ2) is 6.87. The van der Waals surface area contributed by atoms with Gasteiger partial charge in [0.05, 0.1) is 12.8 Å². The first kappa shape index (κ1) is 14.3. The summed E-state index contributed by atoms with van der Waals surface area (Å²) in [6.45, 7) is 4.15. The van der Waals surface area contributed by atoms with Gasteiger partial charge in [-0.25, -0.2) is 4.98 Å². The van der Waals surface area contributed by atoms with Crippen LogP contribution in [0.25, 0.3) is 0 Å². The van der Waals surface area contributed by atoms with E-state index in [2.05, 4.69) is 20.3 Å². The van der Waals surface area contributed by atoms with Gasteiger partial charge < -0.3 is 9.73 Å². The molecule has 2 aromatic heterocycles. The predicted octanol–water partition coefficient (Wildman–Crippen LogP) is 1.20. The van der Waals surface area contributed by atoms with Crippen LogP contribution < -0.4 is 5.32 Å². The Morgan fingerprint density at radius 1 is 1.38 bits per heavy atom. The summed E-state index contributed by atoms with van der Waals surface area (Å²) < 4.78 is 7.25. The lowest BCUT2D eigenvalue weighted by molar-refractivity contribution is 0.179. The summed E-state index contributed by atoms with van der Waals surface area (Å²) in [7, 11) is 1.94. The zero-order valence-corrected chi connectivity index (χ0v) is 12.5. The molecule has 0 unspecified atom stereocenters. The molecule has 6 nitrogen and oxygen atoms in total.